The first-order valence-corrected chi connectivity index (χ1v) is 13.0. The molecule has 0 fully saturated rings. The van der Waals surface area contributed by atoms with Crippen molar-refractivity contribution in [3.63, 3.8) is 0 Å². The topological polar surface area (TPSA) is 62.6 Å². The lowest BCUT2D eigenvalue weighted by Crippen LogP contribution is -2.35. The largest absolute Gasteiger partial charge is 0.461 e. The molecule has 5 nitrogen and oxygen atoms in total. The molecule has 0 aliphatic carbocycles. The van der Waals surface area contributed by atoms with E-state index in [1.54, 1.807) is 0 Å². The molecule has 1 aliphatic rings. The van der Waals surface area contributed by atoms with Crippen molar-refractivity contribution in [3.8, 4) is 11.3 Å². The molecule has 1 aliphatic heterocycles. The Bertz CT molecular complexity index is 1610. The standard InChI is InChI=1S/C33H28N2O3/c36-32(17-16-23-8-2-1-3-9-23)34-27-13-6-12-25(20-27)31-21-26-22-35(19-18-30(26)38-31)33(37)29-15-7-11-24-10-4-5-14-28(24)29/h1-15,20-21H,16-19,22H2,(H,34,36). The van der Waals surface area contributed by atoms with Crippen LogP contribution in [0.5, 0.6) is 0 Å². The lowest BCUT2D eigenvalue weighted by atomic mass is 10.0. The number of hydrogen-bond acceptors (Lipinski definition) is 3. The second kappa shape index (κ2) is 10.4. The number of rotatable bonds is 6. The molecule has 0 radical (unpaired) electrons. The van der Waals surface area contributed by atoms with Crippen molar-refractivity contribution < 1.29 is 14.0 Å². The Morgan fingerprint density at radius 1 is 0.842 bits per heavy atom. The molecule has 0 saturated heterocycles. The highest BCUT2D eigenvalue weighted by molar-refractivity contribution is 6.07. The molecule has 0 atom stereocenters. The lowest BCUT2D eigenvalue weighted by Gasteiger charge is -2.26. The molecule has 2 amide bonds. The number of benzene rings is 4. The summed E-state index contributed by atoms with van der Waals surface area (Å²) in [7, 11) is 0. The van der Waals surface area contributed by atoms with Gasteiger partial charge in [0.2, 0.25) is 5.91 Å². The van der Waals surface area contributed by atoms with Gasteiger partial charge in [-0.05, 0) is 47.0 Å². The van der Waals surface area contributed by atoms with Crippen LogP contribution < -0.4 is 5.32 Å². The summed E-state index contributed by atoms with van der Waals surface area (Å²) in [5, 5.41) is 5.04. The summed E-state index contributed by atoms with van der Waals surface area (Å²) in [6.45, 7) is 1.12. The molecule has 0 bridgehead atoms. The fraction of sp³-hybridized carbons (Fsp3) is 0.152. The third kappa shape index (κ3) is 4.96. The number of fused-ring (bicyclic) bond motifs is 2. The quantitative estimate of drug-likeness (QED) is 0.277. The number of anilines is 1. The number of carbonyl (C=O) groups excluding carboxylic acids is 2. The summed E-state index contributed by atoms with van der Waals surface area (Å²) >= 11 is 0. The van der Waals surface area contributed by atoms with Gasteiger partial charge in [0, 0.05) is 48.3 Å². The zero-order valence-electron chi connectivity index (χ0n) is 21.0. The van der Waals surface area contributed by atoms with E-state index in [4.69, 9.17) is 4.42 Å². The van der Waals surface area contributed by atoms with E-state index >= 15 is 0 Å². The molecule has 1 N–H and O–H groups in total. The Morgan fingerprint density at radius 2 is 1.63 bits per heavy atom. The second-order valence-corrected chi connectivity index (χ2v) is 9.68. The summed E-state index contributed by atoms with van der Waals surface area (Å²) in [6.07, 6.45) is 1.79. The van der Waals surface area contributed by atoms with Gasteiger partial charge < -0.3 is 14.6 Å². The van der Waals surface area contributed by atoms with E-state index < -0.39 is 0 Å². The normalized spacial score (nSPS) is 12.8. The van der Waals surface area contributed by atoms with Crippen molar-refractivity contribution in [2.75, 3.05) is 11.9 Å². The number of hydrogen-bond donors (Lipinski definition) is 1. The van der Waals surface area contributed by atoms with Crippen molar-refractivity contribution in [2.45, 2.75) is 25.8 Å². The number of nitrogens with one attached hydrogen (secondary N) is 1. The average molecular weight is 501 g/mol. The van der Waals surface area contributed by atoms with Crippen LogP contribution in [-0.4, -0.2) is 23.3 Å². The van der Waals surface area contributed by atoms with Crippen molar-refractivity contribution >= 4 is 28.3 Å². The first kappa shape index (κ1) is 23.7. The highest BCUT2D eigenvalue weighted by Gasteiger charge is 2.26. The fourth-order valence-corrected chi connectivity index (χ4v) is 5.11. The molecule has 38 heavy (non-hydrogen) atoms. The smallest absolute Gasteiger partial charge is 0.254 e. The molecule has 0 unspecified atom stereocenters. The highest BCUT2D eigenvalue weighted by atomic mass is 16.3. The van der Waals surface area contributed by atoms with Crippen LogP contribution in [0.3, 0.4) is 0 Å². The molecule has 1 aromatic heterocycles. The maximum Gasteiger partial charge on any atom is 0.254 e. The SMILES string of the molecule is O=C(CCc1ccccc1)Nc1cccc(-c2cc3c(o2)CCN(C(=O)c2cccc4ccccc24)C3)c1. The minimum Gasteiger partial charge on any atom is -0.461 e. The van der Waals surface area contributed by atoms with Crippen molar-refractivity contribution in [3.05, 3.63) is 126 Å². The molecule has 6 rings (SSSR count). The first-order chi connectivity index (χ1) is 18.6. The first-order valence-electron chi connectivity index (χ1n) is 13.0. The minimum atomic E-state index is -0.0210. The van der Waals surface area contributed by atoms with Crippen LogP contribution in [0, 0.1) is 0 Å². The molecule has 5 heteroatoms. The maximum atomic E-state index is 13.4. The Labute approximate surface area is 221 Å². The van der Waals surface area contributed by atoms with E-state index in [2.05, 4.69) is 5.32 Å². The number of furan rings is 1. The summed E-state index contributed by atoms with van der Waals surface area (Å²) in [4.78, 5) is 27.9. The predicted molar refractivity (Wildman–Crippen MR) is 150 cm³/mol. The van der Waals surface area contributed by atoms with Crippen molar-refractivity contribution in [1.82, 2.24) is 4.90 Å². The Balaban J connectivity index is 1.15. The van der Waals surface area contributed by atoms with E-state index in [0.717, 1.165) is 50.2 Å². The predicted octanol–water partition coefficient (Wildman–Crippen LogP) is 6.87. The zero-order chi connectivity index (χ0) is 25.9. The Hall–Kier alpha value is -4.64. The second-order valence-electron chi connectivity index (χ2n) is 9.68. The third-order valence-electron chi connectivity index (χ3n) is 7.09. The maximum absolute atomic E-state index is 13.4. The van der Waals surface area contributed by atoms with Gasteiger partial charge in [-0.25, -0.2) is 0 Å². The van der Waals surface area contributed by atoms with Gasteiger partial charge in [0.25, 0.3) is 5.91 Å². The molecule has 0 spiro atoms. The fourth-order valence-electron chi connectivity index (χ4n) is 5.11. The van der Waals surface area contributed by atoms with Gasteiger partial charge in [0.15, 0.2) is 0 Å². The van der Waals surface area contributed by atoms with E-state index in [1.165, 1.54) is 0 Å². The summed E-state index contributed by atoms with van der Waals surface area (Å²) in [6, 6.07) is 33.6. The summed E-state index contributed by atoms with van der Waals surface area (Å²) in [5.74, 6) is 1.68. The molecule has 5 aromatic rings. The molecular weight excluding hydrogens is 472 g/mol. The minimum absolute atomic E-state index is 0.0210. The van der Waals surface area contributed by atoms with Gasteiger partial charge in [-0.15, -0.1) is 0 Å². The van der Waals surface area contributed by atoms with E-state index in [1.807, 2.05) is 108 Å². The van der Waals surface area contributed by atoms with Gasteiger partial charge in [0.05, 0.1) is 0 Å². The van der Waals surface area contributed by atoms with Crippen LogP contribution in [0.25, 0.3) is 22.1 Å². The summed E-state index contributed by atoms with van der Waals surface area (Å²) < 4.78 is 6.21. The van der Waals surface area contributed by atoms with Gasteiger partial charge in [-0.2, -0.15) is 0 Å². The number of carbonyl (C=O) groups is 2. The van der Waals surface area contributed by atoms with Gasteiger partial charge in [0.1, 0.15) is 11.5 Å². The lowest BCUT2D eigenvalue weighted by molar-refractivity contribution is -0.116. The average Bonchev–Trinajstić information content (AvgIpc) is 3.40. The molecule has 2 heterocycles. The van der Waals surface area contributed by atoms with E-state index in [0.29, 0.717) is 32.4 Å². The van der Waals surface area contributed by atoms with Crippen LogP contribution >= 0.6 is 0 Å². The molecule has 188 valence electrons. The van der Waals surface area contributed by atoms with Crippen molar-refractivity contribution in [1.29, 1.82) is 0 Å². The molecule has 4 aromatic carbocycles. The van der Waals surface area contributed by atoms with Crippen LogP contribution in [0.15, 0.2) is 108 Å². The molecular formula is C33H28N2O3. The molecule has 0 saturated carbocycles. The van der Waals surface area contributed by atoms with Gasteiger partial charge in [-0.1, -0.05) is 78.9 Å². The zero-order valence-corrected chi connectivity index (χ0v) is 21.0. The third-order valence-corrected chi connectivity index (χ3v) is 7.09. The number of amides is 2. The van der Waals surface area contributed by atoms with Gasteiger partial charge in [-0.3, -0.25) is 9.59 Å². The van der Waals surface area contributed by atoms with Crippen LogP contribution in [-0.2, 0) is 24.2 Å². The van der Waals surface area contributed by atoms with Gasteiger partial charge >= 0.3 is 0 Å². The summed E-state index contributed by atoms with van der Waals surface area (Å²) in [5.41, 5.74) is 4.53. The van der Waals surface area contributed by atoms with E-state index in [-0.39, 0.29) is 11.8 Å². The van der Waals surface area contributed by atoms with Crippen LogP contribution in [0.1, 0.15) is 33.7 Å². The monoisotopic (exact) mass is 500 g/mol. The highest BCUT2D eigenvalue weighted by Crippen LogP contribution is 2.32. The van der Waals surface area contributed by atoms with E-state index in [9.17, 15) is 9.59 Å². The van der Waals surface area contributed by atoms with Crippen molar-refractivity contribution in [2.24, 2.45) is 0 Å². The Kier molecular flexibility index (Phi) is 6.49. The number of aryl methyl sites for hydroxylation is 1. The Morgan fingerprint density at radius 3 is 2.53 bits per heavy atom. The number of nitrogens with zero attached hydrogens (tertiary/aromatic N) is 1. The van der Waals surface area contributed by atoms with Crippen LogP contribution in [0.4, 0.5) is 5.69 Å². The van der Waals surface area contributed by atoms with Crippen LogP contribution in [0.2, 0.25) is 0 Å².